The maximum absolute atomic E-state index is 12.5. The van der Waals surface area contributed by atoms with E-state index in [2.05, 4.69) is 10.3 Å². The Labute approximate surface area is 166 Å². The number of thioether (sulfide) groups is 1. The number of amidine groups is 1. The summed E-state index contributed by atoms with van der Waals surface area (Å²) in [6.45, 7) is 6.51. The molecule has 1 aromatic heterocycles. The highest BCUT2D eigenvalue weighted by molar-refractivity contribution is 8.16. The number of furan rings is 1. The van der Waals surface area contributed by atoms with Gasteiger partial charge in [0.25, 0.3) is 0 Å². The molecule has 1 amide bonds. The number of amides is 1. The van der Waals surface area contributed by atoms with Crippen LogP contribution in [0.2, 0.25) is 0 Å². The van der Waals surface area contributed by atoms with Crippen LogP contribution in [0, 0.1) is 6.92 Å². The fourth-order valence-electron chi connectivity index (χ4n) is 2.93. The van der Waals surface area contributed by atoms with E-state index < -0.39 is 11.9 Å². The molecule has 0 aromatic carbocycles. The molecule has 10 heteroatoms. The minimum atomic E-state index is -0.762. The molecule has 0 saturated carbocycles. The fraction of sp³-hybridized carbons (Fsp3) is 0.444. The summed E-state index contributed by atoms with van der Waals surface area (Å²) >= 11 is 1.48. The van der Waals surface area contributed by atoms with Gasteiger partial charge in [-0.1, -0.05) is 11.8 Å². The predicted molar refractivity (Wildman–Crippen MR) is 103 cm³/mol. The van der Waals surface area contributed by atoms with Crippen LogP contribution in [0.25, 0.3) is 0 Å². The Morgan fingerprint density at radius 1 is 1.21 bits per heavy atom. The lowest BCUT2D eigenvalue weighted by molar-refractivity contribution is -0.115. The lowest BCUT2D eigenvalue weighted by Gasteiger charge is -2.15. The molecule has 0 unspecified atom stereocenters. The SMILES string of the molecule is CCOC(=O)c1c(C)oc(NC(=O)CC2=CSC3=NCCN23)c1C(=O)OCC. The van der Waals surface area contributed by atoms with Crippen molar-refractivity contribution in [3.8, 4) is 0 Å². The van der Waals surface area contributed by atoms with Crippen LogP contribution in [0.4, 0.5) is 5.88 Å². The largest absolute Gasteiger partial charge is 0.462 e. The van der Waals surface area contributed by atoms with Crippen molar-refractivity contribution in [2.24, 2.45) is 4.99 Å². The summed E-state index contributed by atoms with van der Waals surface area (Å²) < 4.78 is 15.5. The van der Waals surface area contributed by atoms with Gasteiger partial charge in [0.2, 0.25) is 11.8 Å². The molecule has 0 radical (unpaired) electrons. The number of aryl methyl sites for hydroxylation is 1. The Morgan fingerprint density at radius 2 is 1.89 bits per heavy atom. The number of aliphatic imine (C=N–C) groups is 1. The lowest BCUT2D eigenvalue weighted by Crippen LogP contribution is -2.24. The molecule has 0 fully saturated rings. The van der Waals surface area contributed by atoms with Crippen molar-refractivity contribution < 1.29 is 28.3 Å². The molecule has 2 aliphatic heterocycles. The quantitative estimate of drug-likeness (QED) is 0.687. The van der Waals surface area contributed by atoms with Gasteiger partial charge in [-0.05, 0) is 26.2 Å². The number of carbonyl (C=O) groups excluding carboxylic acids is 3. The second-order valence-corrected chi connectivity index (χ2v) is 6.78. The van der Waals surface area contributed by atoms with Crippen LogP contribution in [0.1, 0.15) is 46.7 Å². The molecule has 28 heavy (non-hydrogen) atoms. The molecule has 0 spiro atoms. The van der Waals surface area contributed by atoms with Gasteiger partial charge in [-0.3, -0.25) is 15.1 Å². The zero-order valence-electron chi connectivity index (χ0n) is 15.9. The van der Waals surface area contributed by atoms with Crippen molar-refractivity contribution >= 4 is 40.7 Å². The minimum Gasteiger partial charge on any atom is -0.462 e. The molecular weight excluding hydrogens is 386 g/mol. The van der Waals surface area contributed by atoms with Gasteiger partial charge in [0.1, 0.15) is 16.9 Å². The molecule has 150 valence electrons. The molecule has 3 heterocycles. The summed E-state index contributed by atoms with van der Waals surface area (Å²) in [5, 5.41) is 5.34. The van der Waals surface area contributed by atoms with Crippen molar-refractivity contribution in [3.05, 3.63) is 28.0 Å². The number of carbonyl (C=O) groups is 3. The van der Waals surface area contributed by atoms with Crippen LogP contribution >= 0.6 is 11.8 Å². The molecule has 3 rings (SSSR count). The second-order valence-electron chi connectivity index (χ2n) is 5.95. The lowest BCUT2D eigenvalue weighted by atomic mass is 10.1. The minimum absolute atomic E-state index is 0.0415. The zero-order chi connectivity index (χ0) is 20.3. The number of anilines is 1. The number of hydrogen-bond donors (Lipinski definition) is 1. The molecule has 0 bridgehead atoms. The van der Waals surface area contributed by atoms with Crippen molar-refractivity contribution in [2.75, 3.05) is 31.6 Å². The van der Waals surface area contributed by atoms with Crippen molar-refractivity contribution in [2.45, 2.75) is 27.2 Å². The van der Waals surface area contributed by atoms with Gasteiger partial charge in [0.15, 0.2) is 5.17 Å². The van der Waals surface area contributed by atoms with E-state index >= 15 is 0 Å². The fourth-order valence-corrected chi connectivity index (χ4v) is 3.88. The summed E-state index contributed by atoms with van der Waals surface area (Å²) in [6, 6.07) is 0. The van der Waals surface area contributed by atoms with Crippen LogP contribution in [0.3, 0.4) is 0 Å². The van der Waals surface area contributed by atoms with Crippen LogP contribution in [0.15, 0.2) is 20.5 Å². The highest BCUT2D eigenvalue weighted by atomic mass is 32.2. The molecule has 9 nitrogen and oxygen atoms in total. The Hall–Kier alpha value is -2.75. The Bertz CT molecular complexity index is 873. The first-order valence-electron chi connectivity index (χ1n) is 8.91. The van der Waals surface area contributed by atoms with Crippen LogP contribution in [0.5, 0.6) is 0 Å². The summed E-state index contributed by atoms with van der Waals surface area (Å²) in [5.41, 5.74) is 0.648. The van der Waals surface area contributed by atoms with E-state index in [-0.39, 0.29) is 48.3 Å². The Kier molecular flexibility index (Phi) is 6.08. The van der Waals surface area contributed by atoms with E-state index in [0.29, 0.717) is 6.54 Å². The van der Waals surface area contributed by atoms with E-state index in [1.807, 2.05) is 10.3 Å². The first-order valence-corrected chi connectivity index (χ1v) is 9.79. The molecular formula is C18H21N3O6S. The first-order chi connectivity index (χ1) is 13.5. The van der Waals surface area contributed by atoms with Crippen LogP contribution in [-0.4, -0.2) is 54.2 Å². The van der Waals surface area contributed by atoms with Gasteiger partial charge in [-0.2, -0.15) is 0 Å². The maximum atomic E-state index is 12.5. The van der Waals surface area contributed by atoms with Crippen molar-refractivity contribution in [1.29, 1.82) is 0 Å². The van der Waals surface area contributed by atoms with Gasteiger partial charge < -0.3 is 18.8 Å². The molecule has 0 atom stereocenters. The third-order valence-corrected chi connectivity index (χ3v) is 5.04. The van der Waals surface area contributed by atoms with Crippen LogP contribution in [-0.2, 0) is 14.3 Å². The van der Waals surface area contributed by atoms with E-state index in [9.17, 15) is 14.4 Å². The number of ether oxygens (including phenoxy) is 2. The highest BCUT2D eigenvalue weighted by Crippen LogP contribution is 2.32. The monoisotopic (exact) mass is 407 g/mol. The molecule has 0 aliphatic carbocycles. The van der Waals surface area contributed by atoms with E-state index in [4.69, 9.17) is 13.9 Å². The number of nitrogens with zero attached hydrogens (tertiary/aromatic N) is 2. The standard InChI is InChI=1S/C18H21N3O6S/c1-4-25-16(23)13-10(3)27-15(14(13)17(24)26-5-2)20-12(22)8-11-9-28-18-19-6-7-21(11)18/h9H,4-8H2,1-3H3,(H,20,22). The van der Waals surface area contributed by atoms with E-state index in [0.717, 1.165) is 17.4 Å². The third-order valence-electron chi connectivity index (χ3n) is 4.09. The topological polar surface area (TPSA) is 110 Å². The average Bonchev–Trinajstić information content (AvgIpc) is 3.31. The molecule has 0 saturated heterocycles. The summed E-state index contributed by atoms with van der Waals surface area (Å²) in [5.74, 6) is -1.80. The second kappa shape index (κ2) is 8.51. The van der Waals surface area contributed by atoms with Gasteiger partial charge in [0, 0.05) is 12.2 Å². The summed E-state index contributed by atoms with van der Waals surface area (Å²) in [7, 11) is 0. The number of rotatable bonds is 7. The number of hydrogen-bond acceptors (Lipinski definition) is 9. The maximum Gasteiger partial charge on any atom is 0.344 e. The Morgan fingerprint density at radius 3 is 2.57 bits per heavy atom. The first kappa shape index (κ1) is 20.0. The van der Waals surface area contributed by atoms with Crippen molar-refractivity contribution in [3.63, 3.8) is 0 Å². The number of fused-ring (bicyclic) bond motifs is 1. The average molecular weight is 407 g/mol. The molecule has 1 N–H and O–H groups in total. The summed E-state index contributed by atoms with van der Waals surface area (Å²) in [4.78, 5) is 43.5. The Balaban J connectivity index is 1.81. The molecule has 2 aliphatic rings. The smallest absolute Gasteiger partial charge is 0.344 e. The van der Waals surface area contributed by atoms with Gasteiger partial charge >= 0.3 is 11.9 Å². The van der Waals surface area contributed by atoms with Gasteiger partial charge in [-0.15, -0.1) is 0 Å². The molecule has 1 aromatic rings. The third kappa shape index (κ3) is 3.91. The number of nitrogens with one attached hydrogen (secondary N) is 1. The van der Waals surface area contributed by atoms with Gasteiger partial charge in [-0.25, -0.2) is 9.59 Å². The van der Waals surface area contributed by atoms with Crippen molar-refractivity contribution in [1.82, 2.24) is 4.90 Å². The van der Waals surface area contributed by atoms with Gasteiger partial charge in [0.05, 0.1) is 26.2 Å². The van der Waals surface area contributed by atoms with Crippen LogP contribution < -0.4 is 5.32 Å². The number of esters is 2. The van der Waals surface area contributed by atoms with E-state index in [1.165, 1.54) is 18.7 Å². The normalized spacial score (nSPS) is 15.0. The van der Waals surface area contributed by atoms with E-state index in [1.54, 1.807) is 13.8 Å². The zero-order valence-corrected chi connectivity index (χ0v) is 16.7. The highest BCUT2D eigenvalue weighted by Gasteiger charge is 2.32. The summed E-state index contributed by atoms with van der Waals surface area (Å²) in [6.07, 6.45) is 0.0861. The predicted octanol–water partition coefficient (Wildman–Crippen LogP) is 2.53.